The number of nitrogens with zero attached hydrogens (tertiary/aromatic N) is 1. The van der Waals surface area contributed by atoms with E-state index in [1.165, 1.54) is 24.3 Å². The van der Waals surface area contributed by atoms with Gasteiger partial charge in [-0.1, -0.05) is 30.3 Å². The highest BCUT2D eigenvalue weighted by Crippen LogP contribution is 2.43. The van der Waals surface area contributed by atoms with E-state index in [-0.39, 0.29) is 12.5 Å². The Bertz CT molecular complexity index is 1070. The number of aliphatic carboxylic acids is 2. The van der Waals surface area contributed by atoms with Crippen LogP contribution in [0.25, 0.3) is 0 Å². The third kappa shape index (κ3) is 4.85. The molecular weight excluding hydrogens is 459 g/mol. The lowest BCUT2D eigenvalue weighted by molar-refractivity contribution is -0.219. The highest BCUT2D eigenvalue weighted by molar-refractivity contribution is 5.92. The summed E-state index contributed by atoms with van der Waals surface area (Å²) in [7, 11) is 0. The van der Waals surface area contributed by atoms with E-state index in [4.69, 9.17) is 4.74 Å². The lowest BCUT2D eigenvalue weighted by Crippen LogP contribution is -2.67. The Morgan fingerprint density at radius 3 is 2.17 bits per heavy atom. The lowest BCUT2D eigenvalue weighted by Gasteiger charge is -2.51. The van der Waals surface area contributed by atoms with Gasteiger partial charge in [0.15, 0.2) is 6.04 Å². The SMILES string of the molecule is O=C(O[C@](C(=O)O)([C@H](O)C(=O)O)[C@H]1CN2CCC1CC2)C(Nc1ccc(F)cc1)c1ccccc1. The summed E-state index contributed by atoms with van der Waals surface area (Å²) in [5.41, 5.74) is -1.91. The average Bonchev–Trinajstić information content (AvgIpc) is 2.87. The number of ether oxygens (including phenoxy) is 1. The molecule has 0 radical (unpaired) electrons. The number of halogens is 1. The predicted octanol–water partition coefficient (Wildman–Crippen LogP) is 2.13. The molecule has 9 nitrogen and oxygen atoms in total. The van der Waals surface area contributed by atoms with Gasteiger partial charge in [-0.25, -0.2) is 18.8 Å². The van der Waals surface area contributed by atoms with Crippen LogP contribution in [-0.2, 0) is 19.1 Å². The Balaban J connectivity index is 1.73. The minimum absolute atomic E-state index is 0.190. The Kier molecular flexibility index (Phi) is 7.04. The third-order valence-corrected chi connectivity index (χ3v) is 6.97. The fourth-order valence-electron chi connectivity index (χ4n) is 5.15. The van der Waals surface area contributed by atoms with Crippen LogP contribution in [0.4, 0.5) is 10.1 Å². The number of carbonyl (C=O) groups is 3. The number of carboxylic acids is 2. The first-order valence-electron chi connectivity index (χ1n) is 11.4. The van der Waals surface area contributed by atoms with Gasteiger partial charge in [0.2, 0.25) is 11.7 Å². The zero-order chi connectivity index (χ0) is 25.2. The van der Waals surface area contributed by atoms with Crippen molar-refractivity contribution in [3.05, 3.63) is 66.0 Å². The van der Waals surface area contributed by atoms with Gasteiger partial charge in [-0.3, -0.25) is 0 Å². The molecule has 0 aliphatic carbocycles. The molecule has 2 aromatic rings. The second-order valence-corrected chi connectivity index (χ2v) is 9.00. The van der Waals surface area contributed by atoms with Gasteiger partial charge in [0.05, 0.1) is 0 Å². The van der Waals surface area contributed by atoms with Crippen molar-refractivity contribution in [2.24, 2.45) is 11.8 Å². The van der Waals surface area contributed by atoms with Gasteiger partial charge in [0, 0.05) is 18.2 Å². The smallest absolute Gasteiger partial charge is 0.351 e. The number of anilines is 1. The first-order valence-corrected chi connectivity index (χ1v) is 11.4. The van der Waals surface area contributed by atoms with Crippen LogP contribution in [0, 0.1) is 17.7 Å². The number of esters is 1. The molecule has 2 aromatic carbocycles. The van der Waals surface area contributed by atoms with Crippen molar-refractivity contribution in [1.82, 2.24) is 4.90 Å². The number of aliphatic hydroxyl groups is 1. The molecule has 186 valence electrons. The summed E-state index contributed by atoms with van der Waals surface area (Å²) in [6.07, 6.45) is -1.25. The number of carbonyl (C=O) groups excluding carboxylic acids is 1. The second kappa shape index (κ2) is 10.0. The number of rotatable bonds is 9. The van der Waals surface area contributed by atoms with E-state index in [2.05, 4.69) is 5.32 Å². The summed E-state index contributed by atoms with van der Waals surface area (Å²) >= 11 is 0. The van der Waals surface area contributed by atoms with Crippen LogP contribution in [0.5, 0.6) is 0 Å². The number of nitrogens with one attached hydrogen (secondary N) is 1. The molecule has 0 amide bonds. The zero-order valence-electron chi connectivity index (χ0n) is 18.8. The molecule has 10 heteroatoms. The molecule has 3 saturated heterocycles. The fraction of sp³-hybridized carbons (Fsp3) is 0.400. The average molecular weight is 486 g/mol. The van der Waals surface area contributed by atoms with E-state index < -0.39 is 47.4 Å². The van der Waals surface area contributed by atoms with E-state index in [0.29, 0.717) is 24.1 Å². The van der Waals surface area contributed by atoms with Gasteiger partial charge < -0.3 is 30.3 Å². The highest BCUT2D eigenvalue weighted by Gasteiger charge is 2.62. The minimum atomic E-state index is -2.69. The van der Waals surface area contributed by atoms with Crippen molar-refractivity contribution in [3.8, 4) is 0 Å². The van der Waals surface area contributed by atoms with Crippen LogP contribution in [0.2, 0.25) is 0 Å². The first-order chi connectivity index (χ1) is 16.7. The topological polar surface area (TPSA) is 136 Å². The number of piperidine rings is 3. The van der Waals surface area contributed by atoms with Gasteiger partial charge in [0.1, 0.15) is 5.82 Å². The molecule has 4 N–H and O–H groups in total. The maximum absolute atomic E-state index is 13.6. The largest absolute Gasteiger partial charge is 0.479 e. The van der Waals surface area contributed by atoms with Crippen LogP contribution in [0.3, 0.4) is 0 Å². The summed E-state index contributed by atoms with van der Waals surface area (Å²) in [4.78, 5) is 40.1. The molecular formula is C25H27FN2O7. The van der Waals surface area contributed by atoms with Crippen molar-refractivity contribution < 1.29 is 38.8 Å². The van der Waals surface area contributed by atoms with Crippen LogP contribution >= 0.6 is 0 Å². The molecule has 2 bridgehead atoms. The highest BCUT2D eigenvalue weighted by atomic mass is 19.1. The monoisotopic (exact) mass is 486 g/mol. The molecule has 0 spiro atoms. The molecule has 1 unspecified atom stereocenters. The number of aliphatic hydroxyl groups excluding tert-OH is 1. The van der Waals surface area contributed by atoms with E-state index in [0.717, 1.165) is 13.1 Å². The molecule has 3 aliphatic rings. The van der Waals surface area contributed by atoms with Gasteiger partial charge >= 0.3 is 17.9 Å². The molecule has 3 aliphatic heterocycles. The van der Waals surface area contributed by atoms with Crippen molar-refractivity contribution >= 4 is 23.6 Å². The lowest BCUT2D eigenvalue weighted by atomic mass is 9.68. The molecule has 0 aromatic heterocycles. The van der Waals surface area contributed by atoms with Gasteiger partial charge in [-0.2, -0.15) is 0 Å². The van der Waals surface area contributed by atoms with Crippen LogP contribution in [-0.4, -0.2) is 69.5 Å². The molecule has 0 saturated carbocycles. The summed E-state index contributed by atoms with van der Waals surface area (Å²) < 4.78 is 19.0. The van der Waals surface area contributed by atoms with E-state index >= 15 is 0 Å². The number of carboxylic acid groups (broad SMARTS) is 2. The van der Waals surface area contributed by atoms with Gasteiger partial charge in [-0.15, -0.1) is 0 Å². The summed E-state index contributed by atoms with van der Waals surface area (Å²) in [5.74, 6) is -6.20. The molecule has 4 atom stereocenters. The van der Waals surface area contributed by atoms with E-state index in [1.807, 2.05) is 4.90 Å². The second-order valence-electron chi connectivity index (χ2n) is 9.00. The molecule has 5 rings (SSSR count). The van der Waals surface area contributed by atoms with Crippen LogP contribution in [0.15, 0.2) is 54.6 Å². The van der Waals surface area contributed by atoms with Crippen molar-refractivity contribution in [1.29, 1.82) is 0 Å². The van der Waals surface area contributed by atoms with Gasteiger partial charge in [0.25, 0.3) is 0 Å². The number of benzene rings is 2. The first kappa shape index (κ1) is 24.6. The van der Waals surface area contributed by atoms with Crippen molar-refractivity contribution in [2.45, 2.75) is 30.6 Å². The van der Waals surface area contributed by atoms with E-state index in [1.54, 1.807) is 30.3 Å². The van der Waals surface area contributed by atoms with Crippen LogP contribution < -0.4 is 5.32 Å². The summed E-state index contributed by atoms with van der Waals surface area (Å²) in [6, 6.07) is 12.3. The van der Waals surface area contributed by atoms with E-state index in [9.17, 15) is 34.1 Å². The number of hydrogen-bond acceptors (Lipinski definition) is 7. The Labute approximate surface area is 201 Å². The molecule has 3 heterocycles. The Hall–Kier alpha value is -3.50. The molecule has 3 fully saturated rings. The van der Waals surface area contributed by atoms with Crippen molar-refractivity contribution in [2.75, 3.05) is 25.0 Å². The standard InChI is InChI=1S/C25H27FN2O7/c26-17-6-8-18(9-7-17)27-20(16-4-2-1-3-5-16)23(32)35-25(24(33)34,21(29)22(30)31)19-14-28-12-10-15(19)11-13-28/h1-9,15,19-21,27,29H,10-14H2,(H,30,31)(H,33,34)/t19-,20?,21+,25-/m0/s1. The molecule has 35 heavy (non-hydrogen) atoms. The minimum Gasteiger partial charge on any atom is -0.479 e. The normalized spacial score (nSPS) is 24.6. The maximum Gasteiger partial charge on any atom is 0.351 e. The quantitative estimate of drug-likeness (QED) is 0.393. The predicted molar refractivity (Wildman–Crippen MR) is 122 cm³/mol. The summed E-state index contributed by atoms with van der Waals surface area (Å²) in [5, 5.41) is 33.5. The number of fused-ring (bicyclic) bond motifs is 3. The maximum atomic E-state index is 13.6. The Morgan fingerprint density at radius 1 is 1.03 bits per heavy atom. The zero-order valence-corrected chi connectivity index (χ0v) is 18.8. The van der Waals surface area contributed by atoms with Crippen LogP contribution in [0.1, 0.15) is 24.4 Å². The Morgan fingerprint density at radius 2 is 1.66 bits per heavy atom. The number of hydrogen-bond donors (Lipinski definition) is 4. The van der Waals surface area contributed by atoms with Gasteiger partial charge in [-0.05, 0) is 61.7 Å². The summed E-state index contributed by atoms with van der Waals surface area (Å²) in [6.45, 7) is 1.65. The third-order valence-electron chi connectivity index (χ3n) is 6.97. The fourth-order valence-corrected chi connectivity index (χ4v) is 5.15. The van der Waals surface area contributed by atoms with Crippen molar-refractivity contribution in [3.63, 3.8) is 0 Å².